The standard InChI is InChI=1S/C12H17NS/c1-10-2-4-11(5-3-10)8-14-9-12-6-7-13-12/h2-5,12-13H,6-9H2,1H3. The molecule has 1 aromatic carbocycles. The maximum atomic E-state index is 3.42. The van der Waals surface area contributed by atoms with E-state index in [-0.39, 0.29) is 0 Å². The van der Waals surface area contributed by atoms with Crippen molar-refractivity contribution in [1.29, 1.82) is 0 Å². The topological polar surface area (TPSA) is 12.0 Å². The van der Waals surface area contributed by atoms with E-state index in [0.717, 1.165) is 11.8 Å². The summed E-state index contributed by atoms with van der Waals surface area (Å²) in [5.74, 6) is 2.41. The fraction of sp³-hybridized carbons (Fsp3) is 0.500. The number of hydrogen-bond acceptors (Lipinski definition) is 2. The van der Waals surface area contributed by atoms with Crippen molar-refractivity contribution in [2.45, 2.75) is 25.1 Å². The van der Waals surface area contributed by atoms with Gasteiger partial charge in [-0.25, -0.2) is 0 Å². The van der Waals surface area contributed by atoms with Crippen LogP contribution in [0.5, 0.6) is 0 Å². The molecule has 0 bridgehead atoms. The molecule has 0 saturated carbocycles. The third-order valence-corrected chi connectivity index (χ3v) is 3.81. The van der Waals surface area contributed by atoms with Crippen LogP contribution in [0.25, 0.3) is 0 Å². The van der Waals surface area contributed by atoms with Gasteiger partial charge in [-0.1, -0.05) is 29.8 Å². The minimum atomic E-state index is 0.783. The van der Waals surface area contributed by atoms with Crippen LogP contribution >= 0.6 is 11.8 Å². The van der Waals surface area contributed by atoms with E-state index >= 15 is 0 Å². The molecule has 1 aromatic rings. The van der Waals surface area contributed by atoms with E-state index in [4.69, 9.17) is 0 Å². The zero-order chi connectivity index (χ0) is 9.80. The number of hydrogen-bond donors (Lipinski definition) is 1. The van der Waals surface area contributed by atoms with Crippen LogP contribution in [0.3, 0.4) is 0 Å². The first-order valence-electron chi connectivity index (χ1n) is 5.21. The highest BCUT2D eigenvalue weighted by molar-refractivity contribution is 7.98. The van der Waals surface area contributed by atoms with E-state index in [1.165, 1.54) is 29.8 Å². The van der Waals surface area contributed by atoms with E-state index in [9.17, 15) is 0 Å². The molecule has 0 radical (unpaired) electrons. The lowest BCUT2D eigenvalue weighted by molar-refractivity contribution is 0.405. The average Bonchev–Trinajstić information content (AvgIpc) is 2.12. The lowest BCUT2D eigenvalue weighted by atomic mass is 10.1. The molecule has 1 nitrogen and oxygen atoms in total. The van der Waals surface area contributed by atoms with Gasteiger partial charge in [-0.2, -0.15) is 11.8 Å². The smallest absolute Gasteiger partial charge is 0.0185 e. The highest BCUT2D eigenvalue weighted by atomic mass is 32.2. The maximum Gasteiger partial charge on any atom is 0.0185 e. The molecule has 1 aliphatic heterocycles. The summed E-state index contributed by atoms with van der Waals surface area (Å²) in [4.78, 5) is 0. The molecule has 1 atom stereocenters. The molecule has 1 N–H and O–H groups in total. The summed E-state index contributed by atoms with van der Waals surface area (Å²) >= 11 is 2.03. The molecule has 2 heteroatoms. The summed E-state index contributed by atoms with van der Waals surface area (Å²) in [7, 11) is 0. The predicted octanol–water partition coefficient (Wildman–Crippen LogP) is 2.59. The first-order valence-corrected chi connectivity index (χ1v) is 6.37. The van der Waals surface area contributed by atoms with Crippen molar-refractivity contribution in [3.05, 3.63) is 35.4 Å². The Morgan fingerprint density at radius 1 is 1.36 bits per heavy atom. The first-order chi connectivity index (χ1) is 6.84. The summed E-state index contributed by atoms with van der Waals surface area (Å²) < 4.78 is 0. The van der Waals surface area contributed by atoms with E-state index in [1.54, 1.807) is 0 Å². The molecular weight excluding hydrogens is 190 g/mol. The number of thioether (sulfide) groups is 1. The minimum absolute atomic E-state index is 0.783. The van der Waals surface area contributed by atoms with Gasteiger partial charge in [-0.15, -0.1) is 0 Å². The van der Waals surface area contributed by atoms with Crippen LogP contribution in [0, 0.1) is 6.92 Å². The van der Waals surface area contributed by atoms with Gasteiger partial charge in [-0.3, -0.25) is 0 Å². The predicted molar refractivity (Wildman–Crippen MR) is 63.7 cm³/mol. The molecule has 1 aliphatic rings. The Kier molecular flexibility index (Phi) is 3.49. The van der Waals surface area contributed by atoms with Gasteiger partial charge < -0.3 is 5.32 Å². The maximum absolute atomic E-state index is 3.42. The molecular formula is C12H17NS. The molecule has 14 heavy (non-hydrogen) atoms. The zero-order valence-corrected chi connectivity index (χ0v) is 9.44. The van der Waals surface area contributed by atoms with E-state index in [0.29, 0.717) is 0 Å². The summed E-state index contributed by atoms with van der Waals surface area (Å²) in [6.07, 6.45) is 1.36. The number of rotatable bonds is 4. The SMILES string of the molecule is Cc1ccc(CSCC2CCN2)cc1. The number of aryl methyl sites for hydroxylation is 1. The van der Waals surface area contributed by atoms with Crippen LogP contribution in [-0.2, 0) is 5.75 Å². The molecule has 2 rings (SSSR count). The van der Waals surface area contributed by atoms with Crippen molar-refractivity contribution in [3.63, 3.8) is 0 Å². The Labute approximate surface area is 90.3 Å². The Hall–Kier alpha value is -0.470. The molecule has 0 aromatic heterocycles. The zero-order valence-electron chi connectivity index (χ0n) is 8.62. The summed E-state index contributed by atoms with van der Waals surface area (Å²) in [5.41, 5.74) is 2.79. The second-order valence-electron chi connectivity index (χ2n) is 3.94. The van der Waals surface area contributed by atoms with Crippen LogP contribution < -0.4 is 5.32 Å². The molecule has 1 unspecified atom stereocenters. The van der Waals surface area contributed by atoms with Crippen LogP contribution in [0.2, 0.25) is 0 Å². The Morgan fingerprint density at radius 3 is 2.64 bits per heavy atom. The molecule has 1 saturated heterocycles. The Morgan fingerprint density at radius 2 is 2.07 bits per heavy atom. The van der Waals surface area contributed by atoms with Gasteiger partial charge >= 0.3 is 0 Å². The van der Waals surface area contributed by atoms with Gasteiger partial charge in [0.25, 0.3) is 0 Å². The molecule has 1 heterocycles. The minimum Gasteiger partial charge on any atom is -0.313 e. The lowest BCUT2D eigenvalue weighted by Crippen LogP contribution is -2.44. The van der Waals surface area contributed by atoms with Gasteiger partial charge in [0.15, 0.2) is 0 Å². The quantitative estimate of drug-likeness (QED) is 0.814. The largest absolute Gasteiger partial charge is 0.313 e. The van der Waals surface area contributed by atoms with Gasteiger partial charge in [0.2, 0.25) is 0 Å². The van der Waals surface area contributed by atoms with Gasteiger partial charge in [0.1, 0.15) is 0 Å². The molecule has 0 aliphatic carbocycles. The van der Waals surface area contributed by atoms with Gasteiger partial charge in [0, 0.05) is 17.5 Å². The van der Waals surface area contributed by atoms with Crippen molar-refractivity contribution >= 4 is 11.8 Å². The molecule has 0 spiro atoms. The van der Waals surface area contributed by atoms with Gasteiger partial charge in [0.05, 0.1) is 0 Å². The highest BCUT2D eigenvalue weighted by Gasteiger charge is 2.15. The average molecular weight is 207 g/mol. The van der Waals surface area contributed by atoms with E-state index in [1.807, 2.05) is 11.8 Å². The normalized spacial score (nSPS) is 20.5. The number of nitrogens with one attached hydrogen (secondary N) is 1. The molecule has 76 valence electrons. The second-order valence-corrected chi connectivity index (χ2v) is 4.97. The number of benzene rings is 1. The van der Waals surface area contributed by atoms with Crippen molar-refractivity contribution in [3.8, 4) is 0 Å². The second kappa shape index (κ2) is 4.85. The fourth-order valence-electron chi connectivity index (χ4n) is 1.49. The van der Waals surface area contributed by atoms with Crippen LogP contribution in [0.1, 0.15) is 17.5 Å². The molecule has 1 fully saturated rings. The van der Waals surface area contributed by atoms with E-state index in [2.05, 4.69) is 36.5 Å². The fourth-order valence-corrected chi connectivity index (χ4v) is 2.61. The summed E-state index contributed by atoms with van der Waals surface area (Å²) in [5, 5.41) is 3.42. The van der Waals surface area contributed by atoms with Crippen molar-refractivity contribution < 1.29 is 0 Å². The highest BCUT2D eigenvalue weighted by Crippen LogP contribution is 2.16. The lowest BCUT2D eigenvalue weighted by Gasteiger charge is -2.27. The Balaban J connectivity index is 1.71. The monoisotopic (exact) mass is 207 g/mol. The van der Waals surface area contributed by atoms with E-state index < -0.39 is 0 Å². The Bertz CT molecular complexity index is 277. The third-order valence-electron chi connectivity index (χ3n) is 2.63. The molecule has 0 amide bonds. The van der Waals surface area contributed by atoms with Crippen molar-refractivity contribution in [1.82, 2.24) is 5.32 Å². The summed E-state index contributed by atoms with van der Waals surface area (Å²) in [6, 6.07) is 9.63. The van der Waals surface area contributed by atoms with Gasteiger partial charge in [-0.05, 0) is 25.5 Å². The first kappa shape index (κ1) is 10.1. The summed E-state index contributed by atoms with van der Waals surface area (Å²) in [6.45, 7) is 3.35. The van der Waals surface area contributed by atoms with Crippen LogP contribution in [0.15, 0.2) is 24.3 Å². The third kappa shape index (κ3) is 2.76. The van der Waals surface area contributed by atoms with Crippen molar-refractivity contribution in [2.24, 2.45) is 0 Å². The van der Waals surface area contributed by atoms with Crippen molar-refractivity contribution in [2.75, 3.05) is 12.3 Å². The van der Waals surface area contributed by atoms with Crippen LogP contribution in [-0.4, -0.2) is 18.3 Å². The van der Waals surface area contributed by atoms with Crippen LogP contribution in [0.4, 0.5) is 0 Å².